The van der Waals surface area contributed by atoms with Crippen molar-refractivity contribution in [3.05, 3.63) is 83.1 Å². The van der Waals surface area contributed by atoms with E-state index in [1.807, 2.05) is 27.1 Å². The van der Waals surface area contributed by atoms with Gasteiger partial charge in [0, 0.05) is 18.5 Å². The number of thiophene rings is 1. The third-order valence-corrected chi connectivity index (χ3v) is 11.8. The van der Waals surface area contributed by atoms with Crippen LogP contribution >= 0.6 is 23.1 Å². The summed E-state index contributed by atoms with van der Waals surface area (Å²) in [5.74, 6) is 0.380. The van der Waals surface area contributed by atoms with E-state index in [2.05, 4.69) is 6.92 Å². The minimum Gasteiger partial charge on any atom is -0.461 e. The summed E-state index contributed by atoms with van der Waals surface area (Å²) >= 11 is 2.33. The van der Waals surface area contributed by atoms with Crippen molar-refractivity contribution in [2.24, 2.45) is 0 Å². The topological polar surface area (TPSA) is 124 Å². The Hall–Kier alpha value is -2.97. The molecule has 0 atom stereocenters. The number of unbranched alkanes of at least 4 members (excludes halogenated alkanes) is 1. The minimum atomic E-state index is -4.41. The highest BCUT2D eigenvalue weighted by Crippen LogP contribution is 2.30. The smallest absolute Gasteiger partial charge is 0.357 e. The lowest BCUT2D eigenvalue weighted by Gasteiger charge is -2.14. The maximum Gasteiger partial charge on any atom is 0.357 e. The van der Waals surface area contributed by atoms with Gasteiger partial charge in [0.1, 0.15) is 15.1 Å². The van der Waals surface area contributed by atoms with Crippen molar-refractivity contribution in [2.45, 2.75) is 53.8 Å². The lowest BCUT2D eigenvalue weighted by atomic mass is 10.0. The molecule has 0 amide bonds. The van der Waals surface area contributed by atoms with Gasteiger partial charge >= 0.3 is 5.97 Å². The van der Waals surface area contributed by atoms with Crippen LogP contribution in [0.5, 0.6) is 0 Å². The van der Waals surface area contributed by atoms with Crippen LogP contribution in [-0.4, -0.2) is 45.2 Å². The molecule has 13 heteroatoms. The molecule has 0 aliphatic heterocycles. The van der Waals surface area contributed by atoms with Gasteiger partial charge in [0.2, 0.25) is 0 Å². The summed E-state index contributed by atoms with van der Waals surface area (Å²) < 4.78 is 60.7. The number of carbonyl (C=O) groups excluding carboxylic acids is 1. The third kappa shape index (κ3) is 7.09. The Bertz CT molecular complexity index is 1710. The van der Waals surface area contributed by atoms with Crippen molar-refractivity contribution < 1.29 is 26.4 Å². The minimum absolute atomic E-state index is 0.0902. The van der Waals surface area contributed by atoms with Gasteiger partial charge in [0.15, 0.2) is 5.69 Å². The molecule has 4 aromatic rings. The molecule has 218 valence electrons. The Labute approximate surface area is 249 Å². The summed E-state index contributed by atoms with van der Waals surface area (Å²) in [6.07, 6.45) is 4.50. The maximum absolute atomic E-state index is 13.2. The van der Waals surface area contributed by atoms with Crippen LogP contribution in [0.3, 0.4) is 0 Å². The molecule has 0 saturated heterocycles. The molecular weight excluding hydrogens is 603 g/mol. The van der Waals surface area contributed by atoms with Crippen LogP contribution in [0.2, 0.25) is 0 Å². The van der Waals surface area contributed by atoms with Crippen LogP contribution in [0, 0.1) is 0 Å². The summed E-state index contributed by atoms with van der Waals surface area (Å²) in [7, 11) is -8.67. The molecule has 2 heterocycles. The Morgan fingerprint density at radius 1 is 1.00 bits per heavy atom. The van der Waals surface area contributed by atoms with E-state index < -0.39 is 26.0 Å². The number of hydrogen-bond acceptors (Lipinski definition) is 9. The van der Waals surface area contributed by atoms with Gasteiger partial charge in [-0.15, -0.1) is 23.1 Å². The number of carbonyl (C=O) groups is 1. The SMILES string of the molecule is CCCCc1nc(SC)c(C(=O)OCC)n1Cc1ccc(-c2ccccc2S(=O)(=O)NS(=O)(=O)c2cccs2)cc1. The number of nitrogens with one attached hydrogen (secondary N) is 1. The summed E-state index contributed by atoms with van der Waals surface area (Å²) in [4.78, 5) is 17.4. The highest BCUT2D eigenvalue weighted by molar-refractivity contribution is 8.05. The molecule has 41 heavy (non-hydrogen) atoms. The van der Waals surface area contributed by atoms with Crippen LogP contribution in [0.15, 0.2) is 80.2 Å². The molecule has 2 aromatic heterocycles. The number of benzene rings is 2. The molecular formula is C28H31N3O6S4. The Morgan fingerprint density at radius 3 is 2.37 bits per heavy atom. The predicted octanol–water partition coefficient (Wildman–Crippen LogP) is 5.57. The molecule has 0 saturated carbocycles. The monoisotopic (exact) mass is 633 g/mol. The lowest BCUT2D eigenvalue weighted by Crippen LogP contribution is -2.30. The maximum atomic E-state index is 13.2. The second-order valence-electron chi connectivity index (χ2n) is 9.01. The Kier molecular flexibility index (Phi) is 10.1. The average Bonchev–Trinajstić information content (AvgIpc) is 3.61. The van der Waals surface area contributed by atoms with Gasteiger partial charge in [0.25, 0.3) is 20.0 Å². The largest absolute Gasteiger partial charge is 0.461 e. The number of sulfonamides is 2. The first-order valence-corrected chi connectivity index (χ1v) is 18.0. The van der Waals surface area contributed by atoms with Crippen LogP contribution in [-0.2, 0) is 37.7 Å². The number of thioether (sulfide) groups is 1. The van der Waals surface area contributed by atoms with Gasteiger partial charge in [-0.05, 0) is 48.2 Å². The van der Waals surface area contributed by atoms with Crippen molar-refractivity contribution in [3.8, 4) is 11.1 Å². The number of imidazole rings is 1. The van der Waals surface area contributed by atoms with Crippen LogP contribution in [0.1, 0.15) is 48.6 Å². The van der Waals surface area contributed by atoms with E-state index in [9.17, 15) is 21.6 Å². The molecule has 4 rings (SSSR count). The normalized spacial score (nSPS) is 12.0. The molecule has 9 nitrogen and oxygen atoms in total. The molecule has 0 fully saturated rings. The van der Waals surface area contributed by atoms with Crippen LogP contribution in [0.25, 0.3) is 11.1 Å². The number of ether oxygens (including phenoxy) is 1. The fourth-order valence-corrected chi connectivity index (χ4v) is 9.11. The number of aromatic nitrogens is 2. The Balaban J connectivity index is 1.66. The zero-order chi connectivity index (χ0) is 29.6. The third-order valence-electron chi connectivity index (χ3n) is 6.19. The van der Waals surface area contributed by atoms with Gasteiger partial charge in [-0.1, -0.05) is 66.0 Å². The standard InChI is InChI=1S/C28H31N3O6S4/c1-4-6-12-24-29-27(38-3)26(28(32)37-5-2)31(24)19-20-14-16-21(17-15-20)22-10-7-8-11-23(22)40(33,34)30-41(35,36)25-13-9-18-39-25/h7-11,13-18,30H,4-6,12,19H2,1-3H3. The molecule has 0 bridgehead atoms. The second-order valence-corrected chi connectivity index (χ2v) is 14.6. The number of nitrogens with zero attached hydrogens (tertiary/aromatic N) is 2. The fraction of sp³-hybridized carbons (Fsp3) is 0.286. The lowest BCUT2D eigenvalue weighted by molar-refractivity contribution is 0.0509. The fourth-order valence-electron chi connectivity index (χ4n) is 4.27. The quantitative estimate of drug-likeness (QED) is 0.150. The van der Waals surface area contributed by atoms with Crippen molar-refractivity contribution >= 4 is 49.1 Å². The van der Waals surface area contributed by atoms with E-state index in [1.165, 1.54) is 30.0 Å². The van der Waals surface area contributed by atoms with Crippen LogP contribution < -0.4 is 4.13 Å². The van der Waals surface area contributed by atoms with Crippen molar-refractivity contribution in [1.29, 1.82) is 0 Å². The molecule has 0 radical (unpaired) electrons. The predicted molar refractivity (Wildman–Crippen MR) is 161 cm³/mol. The zero-order valence-corrected chi connectivity index (χ0v) is 26.1. The first kappa shape index (κ1) is 31.0. The van der Waals surface area contributed by atoms with E-state index >= 15 is 0 Å². The zero-order valence-electron chi connectivity index (χ0n) is 22.9. The van der Waals surface area contributed by atoms with Crippen molar-refractivity contribution in [3.63, 3.8) is 0 Å². The number of rotatable bonds is 13. The molecule has 0 spiro atoms. The number of hydrogen-bond donors (Lipinski definition) is 1. The number of esters is 1. The molecule has 0 aliphatic carbocycles. The van der Waals surface area contributed by atoms with Gasteiger partial charge in [-0.3, -0.25) is 0 Å². The summed E-state index contributed by atoms with van der Waals surface area (Å²) in [5, 5.41) is 2.18. The van der Waals surface area contributed by atoms with Crippen molar-refractivity contribution in [1.82, 2.24) is 13.7 Å². The van der Waals surface area contributed by atoms with Crippen molar-refractivity contribution in [2.75, 3.05) is 12.9 Å². The Morgan fingerprint density at radius 2 is 1.73 bits per heavy atom. The highest BCUT2D eigenvalue weighted by atomic mass is 32.3. The van der Waals surface area contributed by atoms with E-state index in [-0.39, 0.29) is 15.7 Å². The van der Waals surface area contributed by atoms with E-state index in [0.717, 1.165) is 35.6 Å². The van der Waals surface area contributed by atoms with E-state index in [0.29, 0.717) is 34.8 Å². The summed E-state index contributed by atoms with van der Waals surface area (Å²) in [6, 6.07) is 16.4. The molecule has 2 aromatic carbocycles. The van der Waals surface area contributed by atoms with E-state index in [1.54, 1.807) is 42.6 Å². The van der Waals surface area contributed by atoms with Crippen LogP contribution in [0.4, 0.5) is 0 Å². The van der Waals surface area contributed by atoms with E-state index in [4.69, 9.17) is 9.72 Å². The van der Waals surface area contributed by atoms with Gasteiger partial charge < -0.3 is 9.30 Å². The summed E-state index contributed by atoms with van der Waals surface area (Å²) in [5.41, 5.74) is 2.25. The molecule has 1 N–H and O–H groups in total. The highest BCUT2D eigenvalue weighted by Gasteiger charge is 2.28. The molecule has 0 unspecified atom stereocenters. The van der Waals surface area contributed by atoms with Gasteiger partial charge in [-0.2, -0.15) is 0 Å². The first-order chi connectivity index (χ1) is 19.6. The second kappa shape index (κ2) is 13.3. The first-order valence-electron chi connectivity index (χ1n) is 12.9. The van der Waals surface area contributed by atoms with Gasteiger partial charge in [0.05, 0.1) is 11.5 Å². The summed E-state index contributed by atoms with van der Waals surface area (Å²) in [6.45, 7) is 4.49. The van der Waals surface area contributed by atoms with Gasteiger partial charge in [-0.25, -0.2) is 26.6 Å². The number of aryl methyl sites for hydroxylation is 1. The average molecular weight is 634 g/mol. The molecule has 0 aliphatic rings.